The smallest absolute Gasteiger partial charge is 1.00 e. The minimum Gasteiger partial charge on any atom is -1.00 e. The van der Waals surface area contributed by atoms with Crippen LogP contribution in [0.5, 0.6) is 40.2 Å². The van der Waals surface area contributed by atoms with E-state index in [2.05, 4.69) is 95.6 Å². The van der Waals surface area contributed by atoms with E-state index in [-0.39, 0.29) is 59.4 Å². The number of hydrogen-bond donors (Lipinski definition) is 5. The number of nitriles is 2. The first kappa shape index (κ1) is 105. The Hall–Kier alpha value is -8.84. The molecule has 26 heteroatoms. The molecule has 0 radical (unpaired) electrons. The van der Waals surface area contributed by atoms with Gasteiger partial charge in [-0.25, -0.2) is 0 Å². The van der Waals surface area contributed by atoms with Gasteiger partial charge in [0.2, 0.25) is 22.3 Å². The van der Waals surface area contributed by atoms with E-state index in [4.69, 9.17) is 93.1 Å². The number of aryl methyl sites for hydroxylation is 7. The van der Waals surface area contributed by atoms with Crippen molar-refractivity contribution in [2.75, 3.05) is 98.3 Å². The van der Waals surface area contributed by atoms with Crippen LogP contribution in [0.15, 0.2) is 97.1 Å². The number of rotatable bonds is 20. The number of hydrogen-bond acceptors (Lipinski definition) is 20. The summed E-state index contributed by atoms with van der Waals surface area (Å²) in [7, 11) is -3.08. The quantitative estimate of drug-likeness (QED) is 0.0205. The average molecular weight is 1880 g/mol. The van der Waals surface area contributed by atoms with Gasteiger partial charge in [-0.15, -0.1) is 0 Å². The maximum Gasteiger partial charge on any atom is 1.00 e. The molecule has 7 aromatic carbocycles. The van der Waals surface area contributed by atoms with Crippen LogP contribution in [0.1, 0.15) is 285 Å². The molecule has 0 saturated heterocycles. The van der Waals surface area contributed by atoms with Crippen LogP contribution in [0.3, 0.4) is 0 Å². The summed E-state index contributed by atoms with van der Waals surface area (Å²) in [4.78, 5) is 53.3. The van der Waals surface area contributed by atoms with Crippen molar-refractivity contribution >= 4 is 70.0 Å². The maximum atomic E-state index is 11.6. The van der Waals surface area contributed by atoms with Crippen molar-refractivity contribution in [1.82, 2.24) is 10.6 Å². The predicted octanol–water partition coefficient (Wildman–Crippen LogP) is 16.5. The summed E-state index contributed by atoms with van der Waals surface area (Å²) < 4.78 is 60.1. The second kappa shape index (κ2) is 52.5. The number of ether oxygens (including phenoxy) is 7. The number of carbonyl (C=O) groups is 5. The summed E-state index contributed by atoms with van der Waals surface area (Å²) in [6.45, 7) is 20.8. The second-order valence-electron chi connectivity index (χ2n) is 34.8. The molecule has 14 aliphatic rings. The molecule has 0 aromatic heterocycles. The molecule has 7 aromatic rings. The molecule has 7 aliphatic carbocycles. The van der Waals surface area contributed by atoms with Crippen molar-refractivity contribution in [2.24, 2.45) is 17.2 Å². The van der Waals surface area contributed by atoms with Gasteiger partial charge in [-0.1, -0.05) is 76.2 Å². The van der Waals surface area contributed by atoms with E-state index >= 15 is 0 Å². The first-order valence-electron chi connectivity index (χ1n) is 48.3. The molecule has 21 rings (SSSR count). The molecule has 7 aliphatic heterocycles. The van der Waals surface area contributed by atoms with E-state index in [1.54, 1.807) is 51.0 Å². The molecule has 0 spiro atoms. The van der Waals surface area contributed by atoms with Crippen LogP contribution in [-0.2, 0) is 123 Å². The Morgan fingerprint density at radius 2 is 0.707 bits per heavy atom. The largest absolute Gasteiger partial charge is 1.00 e. The Morgan fingerprint density at radius 3 is 1.02 bits per heavy atom. The van der Waals surface area contributed by atoms with Crippen molar-refractivity contribution in [3.05, 3.63) is 214 Å². The van der Waals surface area contributed by atoms with Gasteiger partial charge in [0.05, 0.1) is 71.6 Å². The summed E-state index contributed by atoms with van der Waals surface area (Å²) in [5.74, 6) is 10.6. The van der Waals surface area contributed by atoms with E-state index in [1.165, 1.54) is 157 Å². The molecule has 8 N–H and O–H groups in total. The first-order chi connectivity index (χ1) is 64.3. The van der Waals surface area contributed by atoms with Gasteiger partial charge >= 0.3 is 37.2 Å². The standard InChI is InChI=1S/2C16H21NO2.2C13H17NO.C13H15NO.C13H11NO.C11H10O2.C6H12NO3P.2C3H5ClO.Na.H/c2*1-2-15(18)17-9-7-12-4-3-11-5-6-14-13(16(11)12)8-10-19-14;4*14-7-5-10-2-1-9-3-4-12-11(13(9)10)6-8-15-12;12-9-3-1-7-2-4-10-8(11(7)9)5-6-13-10;1-3-9-11(8,6-5-7)10-4-2;2*1-2-3(4)5;;/h2*5-6,12H,2-4,7-10H2,1H3,(H,17,18);2*3-4,10H,1-2,5-8,14H2;3-5H,1-2,6-8,14H2;3-5H,1-2,6,8H2;2,4H,1,3,5-6H2;3-4,6H2,1-2H3;2*2H2,1H3;;/q;;;;;;;;;;+1;-1/b;;;;2*10-5+;;;;;;/t12-;;10-;;;;;;;;;/m0.0........./s1. The number of ketones is 1. The van der Waals surface area contributed by atoms with Gasteiger partial charge in [0.1, 0.15) is 46.4 Å². The van der Waals surface area contributed by atoms with Crippen molar-refractivity contribution in [3.8, 4) is 52.4 Å². The molecular formula is C107H135Cl2N7NaO15P. The second-order valence-corrected chi connectivity index (χ2v) is 37.7. The Labute approximate surface area is 820 Å². The third-order valence-corrected chi connectivity index (χ3v) is 29.2. The zero-order chi connectivity index (χ0) is 93.6. The molecule has 0 saturated carbocycles. The number of nitrogens with zero attached hydrogens (tertiary/aromatic N) is 2. The van der Waals surface area contributed by atoms with Gasteiger partial charge in [-0.05, 0) is 309 Å². The minimum absolute atomic E-state index is 0. The Balaban J connectivity index is 0.000000157. The summed E-state index contributed by atoms with van der Waals surface area (Å²) >= 11 is 9.65. The zero-order valence-electron chi connectivity index (χ0n) is 80.1. The van der Waals surface area contributed by atoms with Gasteiger partial charge in [-0.2, -0.15) is 10.5 Å². The SMILES string of the molecule is CCC(=O)Cl.CCC(=O)Cl.CCC(=O)NCCC1CCc2ccc3c(c21)CCO3.CCC(=O)NCC[C@@H]1CCc2ccc3c(c21)CCO3.CCOP(=O)(CC#N)OCC.N#C/C=C1\CCc2ccc3c(c21)CCO3.NC/C=C1\CCc2ccc3c(c21)CCO3.NCCC1CCc2ccc3c(c21)CCO3.NCC[C@@H]1CCc2ccc3c(c21)CCO3.O=C1CCc2ccc3c(c21)CCO3.[H-].[Na+]. The van der Waals surface area contributed by atoms with Crippen LogP contribution in [0.2, 0.25) is 0 Å². The van der Waals surface area contributed by atoms with Crippen LogP contribution in [-0.4, -0.2) is 126 Å². The van der Waals surface area contributed by atoms with Crippen molar-refractivity contribution in [3.63, 3.8) is 0 Å². The fourth-order valence-corrected chi connectivity index (χ4v) is 22.1. The molecular weight excluding hydrogens is 1750 g/mol. The van der Waals surface area contributed by atoms with Crippen LogP contribution in [0.4, 0.5) is 0 Å². The molecule has 4 atom stereocenters. The van der Waals surface area contributed by atoms with Gasteiger partial charge in [0.15, 0.2) is 5.78 Å². The third kappa shape index (κ3) is 26.9. The van der Waals surface area contributed by atoms with Crippen molar-refractivity contribution in [2.45, 2.75) is 251 Å². The normalized spacial score (nSPS) is 18.4. The molecule has 7 heterocycles. The maximum absolute atomic E-state index is 11.6. The molecule has 0 fully saturated rings. The predicted molar refractivity (Wildman–Crippen MR) is 522 cm³/mol. The van der Waals surface area contributed by atoms with E-state index in [1.807, 2.05) is 26.0 Å². The number of nitrogens with one attached hydrogen (secondary N) is 2. The zero-order valence-corrected chi connectivity index (χ0v) is 83.5. The minimum atomic E-state index is -3.08. The average Bonchev–Trinajstić information content (AvgIpc) is 2.23. The van der Waals surface area contributed by atoms with Crippen molar-refractivity contribution in [1.29, 1.82) is 10.5 Å². The van der Waals surface area contributed by atoms with Crippen LogP contribution in [0.25, 0.3) is 11.1 Å². The molecule has 708 valence electrons. The molecule has 133 heavy (non-hydrogen) atoms. The van der Waals surface area contributed by atoms with E-state index in [0.717, 1.165) is 227 Å². The number of allylic oxidation sites excluding steroid dienone is 3. The summed E-state index contributed by atoms with van der Waals surface area (Å²) in [6.07, 6.45) is 33.1. The van der Waals surface area contributed by atoms with E-state index in [0.29, 0.717) is 81.3 Å². The fraction of sp³-hybridized carbons (Fsp3) is 0.505. The number of benzene rings is 7. The number of fused-ring (bicyclic) bond motifs is 21. The summed E-state index contributed by atoms with van der Waals surface area (Å²) in [5.41, 5.74) is 49.3. The number of halogens is 2. The fourth-order valence-electron chi connectivity index (χ4n) is 20.9. The van der Waals surface area contributed by atoms with E-state index in [9.17, 15) is 28.5 Å². The van der Waals surface area contributed by atoms with Crippen LogP contribution >= 0.6 is 30.8 Å². The molecule has 0 bridgehead atoms. The Kier molecular flexibility index (Phi) is 41.3. The van der Waals surface area contributed by atoms with Gasteiger partial charge in [0, 0.05) is 147 Å². The number of nitrogens with two attached hydrogens (primary N) is 3. The third-order valence-electron chi connectivity index (χ3n) is 26.9. The number of carbonyl (C=O) groups excluding carboxylic acids is 5. The molecule has 22 nitrogen and oxygen atoms in total. The Bertz CT molecular complexity index is 5260. The van der Waals surface area contributed by atoms with Gasteiger partial charge in [0.25, 0.3) is 0 Å². The molecule has 2 unspecified atom stereocenters. The number of amides is 2. The first-order valence-corrected chi connectivity index (χ1v) is 50.7. The monoisotopic (exact) mass is 1880 g/mol. The topological polar surface area (TPSA) is 335 Å². The summed E-state index contributed by atoms with van der Waals surface area (Å²) in [6, 6.07) is 34.0. The Morgan fingerprint density at radius 1 is 0.414 bits per heavy atom. The summed E-state index contributed by atoms with van der Waals surface area (Å²) in [5, 5.41) is 22.4. The molecule has 2 amide bonds. The van der Waals surface area contributed by atoms with Gasteiger partial charge < -0.3 is 71.5 Å². The van der Waals surface area contributed by atoms with Crippen LogP contribution < -0.4 is 90.5 Å². The van der Waals surface area contributed by atoms with E-state index < -0.39 is 7.60 Å². The van der Waals surface area contributed by atoms with Crippen LogP contribution in [0, 0.1) is 22.7 Å². The van der Waals surface area contributed by atoms with Crippen molar-refractivity contribution < 1.29 is 102 Å². The van der Waals surface area contributed by atoms with Gasteiger partial charge in [-0.3, -0.25) is 28.5 Å². The number of Topliss-reactive ketones (excluding diaryl/α,β-unsaturated/α-hetero) is 1.